The quantitative estimate of drug-likeness (QED) is 0.623. The van der Waals surface area contributed by atoms with Gasteiger partial charge in [-0.15, -0.1) is 6.58 Å². The molecule has 66 valence electrons. The van der Waals surface area contributed by atoms with E-state index in [0.29, 0.717) is 6.61 Å². The largest absolute Gasteiger partial charge is 0.489 e. The fourth-order valence-corrected chi connectivity index (χ4v) is 1.53. The zero-order chi connectivity index (χ0) is 9.10. The second-order valence-corrected chi connectivity index (χ2v) is 3.04. The van der Waals surface area contributed by atoms with Gasteiger partial charge in [0.25, 0.3) is 0 Å². The average molecular weight is 172 g/mol. The van der Waals surface area contributed by atoms with Crippen molar-refractivity contribution in [2.45, 2.75) is 6.42 Å². The SMILES string of the molecule is C=CCc1cccc2c1OCC=C2. The Morgan fingerprint density at radius 1 is 1.46 bits per heavy atom. The van der Waals surface area contributed by atoms with Crippen molar-refractivity contribution in [2.75, 3.05) is 6.61 Å². The third-order valence-corrected chi connectivity index (χ3v) is 2.11. The fraction of sp³-hybridized carbons (Fsp3) is 0.167. The summed E-state index contributed by atoms with van der Waals surface area (Å²) in [5.74, 6) is 1.02. The molecule has 0 atom stereocenters. The van der Waals surface area contributed by atoms with Gasteiger partial charge in [0.05, 0.1) is 0 Å². The molecule has 0 spiro atoms. The van der Waals surface area contributed by atoms with Gasteiger partial charge in [-0.25, -0.2) is 0 Å². The first-order chi connectivity index (χ1) is 6.42. The molecule has 0 saturated carbocycles. The molecule has 0 radical (unpaired) electrons. The van der Waals surface area contributed by atoms with Gasteiger partial charge in [-0.05, 0) is 18.1 Å². The molecule has 13 heavy (non-hydrogen) atoms. The Hall–Kier alpha value is -1.50. The molecule has 0 aliphatic carbocycles. The predicted octanol–water partition coefficient (Wildman–Crippen LogP) is 2.82. The summed E-state index contributed by atoms with van der Waals surface area (Å²) >= 11 is 0. The Kier molecular flexibility index (Phi) is 2.17. The maximum atomic E-state index is 5.57. The summed E-state index contributed by atoms with van der Waals surface area (Å²) in [6, 6.07) is 6.20. The van der Waals surface area contributed by atoms with Crippen molar-refractivity contribution >= 4 is 6.08 Å². The van der Waals surface area contributed by atoms with Gasteiger partial charge in [-0.2, -0.15) is 0 Å². The van der Waals surface area contributed by atoms with E-state index in [0.717, 1.165) is 12.2 Å². The van der Waals surface area contributed by atoms with Gasteiger partial charge < -0.3 is 4.74 Å². The van der Waals surface area contributed by atoms with Crippen LogP contribution in [0.25, 0.3) is 6.08 Å². The molecule has 0 aromatic heterocycles. The van der Waals surface area contributed by atoms with Crippen LogP contribution >= 0.6 is 0 Å². The van der Waals surface area contributed by atoms with E-state index in [1.807, 2.05) is 12.2 Å². The number of rotatable bonds is 2. The molecule has 1 nitrogen and oxygen atoms in total. The van der Waals surface area contributed by atoms with Crippen molar-refractivity contribution in [2.24, 2.45) is 0 Å². The number of benzene rings is 1. The Labute approximate surface area is 78.3 Å². The minimum absolute atomic E-state index is 0.682. The maximum absolute atomic E-state index is 5.57. The van der Waals surface area contributed by atoms with Crippen LogP contribution in [0.2, 0.25) is 0 Å². The van der Waals surface area contributed by atoms with Crippen molar-refractivity contribution in [3.05, 3.63) is 48.1 Å². The van der Waals surface area contributed by atoms with E-state index in [2.05, 4.69) is 30.9 Å². The van der Waals surface area contributed by atoms with Crippen molar-refractivity contribution in [3.63, 3.8) is 0 Å². The van der Waals surface area contributed by atoms with Gasteiger partial charge in [0.2, 0.25) is 0 Å². The Morgan fingerprint density at radius 3 is 3.23 bits per heavy atom. The Morgan fingerprint density at radius 2 is 2.38 bits per heavy atom. The zero-order valence-electron chi connectivity index (χ0n) is 7.49. The lowest BCUT2D eigenvalue weighted by molar-refractivity contribution is 0.355. The van der Waals surface area contributed by atoms with E-state index in [1.54, 1.807) is 0 Å². The van der Waals surface area contributed by atoms with Crippen LogP contribution in [0, 0.1) is 0 Å². The minimum Gasteiger partial charge on any atom is -0.489 e. The van der Waals surface area contributed by atoms with Gasteiger partial charge in [-0.3, -0.25) is 0 Å². The van der Waals surface area contributed by atoms with Gasteiger partial charge in [0, 0.05) is 5.56 Å². The minimum atomic E-state index is 0.682. The summed E-state index contributed by atoms with van der Waals surface area (Å²) in [5.41, 5.74) is 2.39. The van der Waals surface area contributed by atoms with Crippen LogP contribution < -0.4 is 4.74 Å². The molecule has 2 rings (SSSR count). The highest BCUT2D eigenvalue weighted by atomic mass is 16.5. The smallest absolute Gasteiger partial charge is 0.130 e. The first-order valence-electron chi connectivity index (χ1n) is 4.44. The van der Waals surface area contributed by atoms with Crippen molar-refractivity contribution in [1.82, 2.24) is 0 Å². The molecule has 0 amide bonds. The number of ether oxygens (including phenoxy) is 1. The molecule has 0 bridgehead atoms. The van der Waals surface area contributed by atoms with Gasteiger partial charge >= 0.3 is 0 Å². The Bertz CT molecular complexity index is 350. The molecular formula is C12H12O. The molecular weight excluding hydrogens is 160 g/mol. The summed E-state index contributed by atoms with van der Waals surface area (Å²) < 4.78 is 5.57. The zero-order valence-corrected chi connectivity index (χ0v) is 7.49. The third kappa shape index (κ3) is 1.50. The molecule has 1 heterocycles. The van der Waals surface area contributed by atoms with E-state index < -0.39 is 0 Å². The molecule has 0 unspecified atom stereocenters. The molecule has 1 heteroatoms. The molecule has 0 N–H and O–H groups in total. The van der Waals surface area contributed by atoms with Crippen LogP contribution in [-0.4, -0.2) is 6.61 Å². The highest BCUT2D eigenvalue weighted by Gasteiger charge is 2.08. The van der Waals surface area contributed by atoms with Gasteiger partial charge in [0.15, 0.2) is 0 Å². The fourth-order valence-electron chi connectivity index (χ4n) is 1.53. The van der Waals surface area contributed by atoms with Crippen molar-refractivity contribution < 1.29 is 4.74 Å². The number of hydrogen-bond acceptors (Lipinski definition) is 1. The highest BCUT2D eigenvalue weighted by molar-refractivity contribution is 5.62. The first-order valence-corrected chi connectivity index (χ1v) is 4.44. The summed E-state index contributed by atoms with van der Waals surface area (Å²) in [6.07, 6.45) is 6.90. The number of para-hydroxylation sites is 1. The van der Waals surface area contributed by atoms with E-state index in [9.17, 15) is 0 Å². The van der Waals surface area contributed by atoms with Crippen LogP contribution in [-0.2, 0) is 6.42 Å². The summed E-state index contributed by atoms with van der Waals surface area (Å²) in [6.45, 7) is 4.41. The highest BCUT2D eigenvalue weighted by Crippen LogP contribution is 2.28. The summed E-state index contributed by atoms with van der Waals surface area (Å²) in [5, 5.41) is 0. The van der Waals surface area contributed by atoms with E-state index >= 15 is 0 Å². The van der Waals surface area contributed by atoms with Gasteiger partial charge in [-0.1, -0.05) is 30.4 Å². The van der Waals surface area contributed by atoms with Crippen LogP contribution in [0.3, 0.4) is 0 Å². The van der Waals surface area contributed by atoms with Crippen LogP contribution in [0.4, 0.5) is 0 Å². The lowest BCUT2D eigenvalue weighted by Gasteiger charge is -2.15. The molecule has 0 saturated heterocycles. The first kappa shape index (κ1) is 8.11. The molecule has 0 fully saturated rings. The maximum Gasteiger partial charge on any atom is 0.130 e. The molecule has 1 aromatic rings. The second-order valence-electron chi connectivity index (χ2n) is 3.04. The topological polar surface area (TPSA) is 9.23 Å². The molecule has 1 aromatic carbocycles. The van der Waals surface area contributed by atoms with Crippen LogP contribution in [0.15, 0.2) is 36.9 Å². The van der Waals surface area contributed by atoms with Crippen LogP contribution in [0.5, 0.6) is 5.75 Å². The third-order valence-electron chi connectivity index (χ3n) is 2.11. The number of fused-ring (bicyclic) bond motifs is 1. The normalized spacial score (nSPS) is 13.2. The monoisotopic (exact) mass is 172 g/mol. The summed E-state index contributed by atoms with van der Waals surface area (Å²) in [7, 11) is 0. The lowest BCUT2D eigenvalue weighted by Crippen LogP contribution is -2.02. The summed E-state index contributed by atoms with van der Waals surface area (Å²) in [4.78, 5) is 0. The van der Waals surface area contributed by atoms with E-state index in [-0.39, 0.29) is 0 Å². The predicted molar refractivity (Wildman–Crippen MR) is 54.9 cm³/mol. The van der Waals surface area contributed by atoms with Gasteiger partial charge in [0.1, 0.15) is 12.4 Å². The second kappa shape index (κ2) is 3.48. The number of hydrogen-bond donors (Lipinski definition) is 0. The molecule has 1 aliphatic heterocycles. The van der Waals surface area contributed by atoms with Crippen molar-refractivity contribution in [3.8, 4) is 5.75 Å². The lowest BCUT2D eigenvalue weighted by atomic mass is 10.0. The average Bonchev–Trinajstić information content (AvgIpc) is 2.19. The van der Waals surface area contributed by atoms with Crippen molar-refractivity contribution in [1.29, 1.82) is 0 Å². The van der Waals surface area contributed by atoms with E-state index in [1.165, 1.54) is 11.1 Å². The Balaban J connectivity index is 2.46. The van der Waals surface area contributed by atoms with Crippen LogP contribution in [0.1, 0.15) is 11.1 Å². The number of allylic oxidation sites excluding steroid dienone is 1. The molecule has 1 aliphatic rings. The van der Waals surface area contributed by atoms with E-state index in [4.69, 9.17) is 4.74 Å². The standard InChI is InChI=1S/C12H12O/c1-2-5-10-6-3-7-11-8-4-9-13-12(10)11/h2-4,6-8H,1,5,9H2.